The van der Waals surface area contributed by atoms with Crippen LogP contribution in [-0.2, 0) is 5.33 Å². The summed E-state index contributed by atoms with van der Waals surface area (Å²) in [6, 6.07) is 15.1. The largest absolute Gasteiger partial charge is 0.478 e. The fourth-order valence-corrected chi connectivity index (χ4v) is 1.97. The van der Waals surface area contributed by atoms with Crippen molar-refractivity contribution in [3.8, 4) is 11.1 Å². The van der Waals surface area contributed by atoms with Gasteiger partial charge in [-0.3, -0.25) is 0 Å². The zero-order valence-electron chi connectivity index (χ0n) is 9.06. The van der Waals surface area contributed by atoms with E-state index in [1.165, 1.54) is 5.56 Å². The number of hydrogen-bond donors (Lipinski definition) is 1. The van der Waals surface area contributed by atoms with Crippen LogP contribution < -0.4 is 0 Å². The Hall–Kier alpha value is -1.61. The molecule has 3 heteroatoms. The molecule has 17 heavy (non-hydrogen) atoms. The van der Waals surface area contributed by atoms with Crippen molar-refractivity contribution in [2.24, 2.45) is 0 Å². The Morgan fingerprint density at radius 1 is 0.941 bits per heavy atom. The molecule has 0 saturated heterocycles. The Bertz CT molecular complexity index is 515. The van der Waals surface area contributed by atoms with Crippen LogP contribution in [0, 0.1) is 0 Å². The summed E-state index contributed by atoms with van der Waals surface area (Å²) in [5, 5.41) is 9.65. The number of carboxylic acids is 1. The van der Waals surface area contributed by atoms with Crippen LogP contribution in [0.4, 0.5) is 0 Å². The van der Waals surface area contributed by atoms with Crippen molar-refractivity contribution >= 4 is 21.9 Å². The van der Waals surface area contributed by atoms with Gasteiger partial charge >= 0.3 is 5.97 Å². The molecule has 0 radical (unpaired) electrons. The normalized spacial score (nSPS) is 10.2. The number of aromatic carboxylic acids is 1. The number of alkyl halides is 1. The van der Waals surface area contributed by atoms with Gasteiger partial charge in [0.2, 0.25) is 0 Å². The van der Waals surface area contributed by atoms with Crippen molar-refractivity contribution in [2.45, 2.75) is 5.33 Å². The fourth-order valence-electron chi connectivity index (χ4n) is 1.59. The molecule has 0 unspecified atom stereocenters. The summed E-state index contributed by atoms with van der Waals surface area (Å²) < 4.78 is 0. The zero-order valence-corrected chi connectivity index (χ0v) is 10.6. The quantitative estimate of drug-likeness (QED) is 0.869. The smallest absolute Gasteiger partial charge is 0.335 e. The van der Waals surface area contributed by atoms with Crippen molar-refractivity contribution in [2.75, 3.05) is 0 Å². The minimum absolute atomic E-state index is 0.311. The van der Waals surface area contributed by atoms with Gasteiger partial charge in [0.15, 0.2) is 0 Å². The maximum atomic E-state index is 10.7. The molecule has 0 aliphatic heterocycles. The van der Waals surface area contributed by atoms with Crippen LogP contribution in [0.15, 0.2) is 48.5 Å². The van der Waals surface area contributed by atoms with Gasteiger partial charge in [0.05, 0.1) is 5.56 Å². The number of halogens is 1. The second kappa shape index (κ2) is 5.15. The van der Waals surface area contributed by atoms with E-state index in [1.54, 1.807) is 12.1 Å². The lowest BCUT2D eigenvalue weighted by Gasteiger charge is -2.03. The van der Waals surface area contributed by atoms with Gasteiger partial charge in [0.1, 0.15) is 0 Å². The van der Waals surface area contributed by atoms with E-state index >= 15 is 0 Å². The lowest BCUT2D eigenvalue weighted by Crippen LogP contribution is -1.94. The zero-order chi connectivity index (χ0) is 12.3. The summed E-state index contributed by atoms with van der Waals surface area (Å²) in [4.78, 5) is 10.7. The molecule has 0 fully saturated rings. The molecule has 0 heterocycles. The number of carboxylic acid groups (broad SMARTS) is 1. The van der Waals surface area contributed by atoms with Crippen molar-refractivity contribution < 1.29 is 9.90 Å². The second-order valence-corrected chi connectivity index (χ2v) is 4.27. The standard InChI is InChI=1S/C14H11BrO2/c15-9-10-1-3-11(4-2-10)12-5-7-13(8-6-12)14(16)17/h1-8H,9H2,(H,16,17). The lowest BCUT2D eigenvalue weighted by atomic mass is 10.0. The fraction of sp³-hybridized carbons (Fsp3) is 0.0714. The molecule has 0 amide bonds. The molecule has 0 atom stereocenters. The Morgan fingerprint density at radius 3 is 1.82 bits per heavy atom. The van der Waals surface area contributed by atoms with Crippen LogP contribution in [0.25, 0.3) is 11.1 Å². The lowest BCUT2D eigenvalue weighted by molar-refractivity contribution is 0.0697. The molecule has 0 spiro atoms. The van der Waals surface area contributed by atoms with E-state index in [9.17, 15) is 4.79 Å². The molecule has 1 N–H and O–H groups in total. The first-order valence-electron chi connectivity index (χ1n) is 5.19. The first-order chi connectivity index (χ1) is 8.20. The molecule has 0 aromatic heterocycles. The van der Waals surface area contributed by atoms with Crippen molar-refractivity contribution in [1.29, 1.82) is 0 Å². The summed E-state index contributed by atoms with van der Waals surface area (Å²) in [5.41, 5.74) is 3.64. The molecule has 2 rings (SSSR count). The van der Waals surface area contributed by atoms with Crippen molar-refractivity contribution in [1.82, 2.24) is 0 Å². The van der Waals surface area contributed by atoms with Crippen LogP contribution >= 0.6 is 15.9 Å². The van der Waals surface area contributed by atoms with Crippen LogP contribution in [-0.4, -0.2) is 11.1 Å². The van der Waals surface area contributed by atoms with Gasteiger partial charge in [-0.05, 0) is 28.8 Å². The molecular formula is C14H11BrO2. The minimum atomic E-state index is -0.897. The highest BCUT2D eigenvalue weighted by molar-refractivity contribution is 9.08. The van der Waals surface area contributed by atoms with E-state index in [0.717, 1.165) is 16.5 Å². The van der Waals surface area contributed by atoms with E-state index in [4.69, 9.17) is 5.11 Å². The third-order valence-electron chi connectivity index (χ3n) is 2.57. The number of carbonyl (C=O) groups is 1. The molecule has 0 bridgehead atoms. The second-order valence-electron chi connectivity index (χ2n) is 3.71. The van der Waals surface area contributed by atoms with Gasteiger partial charge in [-0.1, -0.05) is 52.3 Å². The topological polar surface area (TPSA) is 37.3 Å². The average Bonchev–Trinajstić information content (AvgIpc) is 2.39. The summed E-state index contributed by atoms with van der Waals surface area (Å²) in [6.07, 6.45) is 0. The van der Waals surface area contributed by atoms with Gasteiger partial charge in [0.25, 0.3) is 0 Å². The Kier molecular flexibility index (Phi) is 3.59. The van der Waals surface area contributed by atoms with Gasteiger partial charge in [-0.15, -0.1) is 0 Å². The first-order valence-corrected chi connectivity index (χ1v) is 6.31. The number of benzene rings is 2. The molecule has 86 valence electrons. The first kappa shape index (κ1) is 11.9. The molecule has 0 saturated carbocycles. The van der Waals surface area contributed by atoms with Crippen molar-refractivity contribution in [3.05, 3.63) is 59.7 Å². The predicted molar refractivity (Wildman–Crippen MR) is 71.5 cm³/mol. The van der Waals surface area contributed by atoms with Gasteiger partial charge in [0, 0.05) is 5.33 Å². The van der Waals surface area contributed by atoms with Gasteiger partial charge in [-0.2, -0.15) is 0 Å². The predicted octanol–water partition coefficient (Wildman–Crippen LogP) is 3.95. The van der Waals surface area contributed by atoms with Crippen LogP contribution in [0.2, 0.25) is 0 Å². The highest BCUT2D eigenvalue weighted by Crippen LogP contribution is 2.21. The Morgan fingerprint density at radius 2 is 1.41 bits per heavy atom. The highest BCUT2D eigenvalue weighted by atomic mass is 79.9. The molecule has 0 aliphatic carbocycles. The van der Waals surface area contributed by atoms with Crippen LogP contribution in [0.1, 0.15) is 15.9 Å². The van der Waals surface area contributed by atoms with E-state index in [1.807, 2.05) is 24.3 Å². The Balaban J connectivity index is 2.29. The van der Waals surface area contributed by atoms with Crippen LogP contribution in [0.3, 0.4) is 0 Å². The highest BCUT2D eigenvalue weighted by Gasteiger charge is 2.02. The van der Waals surface area contributed by atoms with Gasteiger partial charge < -0.3 is 5.11 Å². The summed E-state index contributed by atoms with van der Waals surface area (Å²) >= 11 is 3.40. The number of rotatable bonds is 3. The number of hydrogen-bond acceptors (Lipinski definition) is 1. The van der Waals surface area contributed by atoms with E-state index in [2.05, 4.69) is 28.1 Å². The van der Waals surface area contributed by atoms with Crippen molar-refractivity contribution in [3.63, 3.8) is 0 Å². The molecule has 2 aromatic rings. The monoisotopic (exact) mass is 290 g/mol. The third-order valence-corrected chi connectivity index (χ3v) is 3.22. The summed E-state index contributed by atoms with van der Waals surface area (Å²) in [6.45, 7) is 0. The third kappa shape index (κ3) is 2.74. The SMILES string of the molecule is O=C(O)c1ccc(-c2ccc(CBr)cc2)cc1. The van der Waals surface area contributed by atoms with Gasteiger partial charge in [-0.25, -0.2) is 4.79 Å². The maximum Gasteiger partial charge on any atom is 0.335 e. The summed E-state index contributed by atoms with van der Waals surface area (Å²) in [7, 11) is 0. The van der Waals surface area contributed by atoms with E-state index < -0.39 is 5.97 Å². The minimum Gasteiger partial charge on any atom is -0.478 e. The van der Waals surface area contributed by atoms with Crippen LogP contribution in [0.5, 0.6) is 0 Å². The van der Waals surface area contributed by atoms with E-state index in [0.29, 0.717) is 5.56 Å². The Labute approximate surface area is 108 Å². The molecule has 2 nitrogen and oxygen atoms in total. The molecular weight excluding hydrogens is 280 g/mol. The molecule has 2 aromatic carbocycles. The average molecular weight is 291 g/mol. The summed E-state index contributed by atoms with van der Waals surface area (Å²) in [5.74, 6) is -0.897. The maximum absolute atomic E-state index is 10.7. The van der Waals surface area contributed by atoms with E-state index in [-0.39, 0.29) is 0 Å². The molecule has 0 aliphatic rings.